The highest BCUT2D eigenvalue weighted by atomic mass is 19.4. The third kappa shape index (κ3) is 3.69. The van der Waals surface area contributed by atoms with Crippen LogP contribution in [0.4, 0.5) is 13.2 Å². The number of ether oxygens (including phenoxy) is 1. The monoisotopic (exact) mass is 316 g/mol. The van der Waals surface area contributed by atoms with Gasteiger partial charge in [-0.2, -0.15) is 13.2 Å². The SMILES string of the molecule is COc1ccc(C(NC(=O)[C@H]2CCC(=O)N2)C(F)(F)F)cc1. The smallest absolute Gasteiger partial charge is 0.412 e. The van der Waals surface area contributed by atoms with Crippen molar-refractivity contribution < 1.29 is 27.5 Å². The largest absolute Gasteiger partial charge is 0.497 e. The van der Waals surface area contributed by atoms with Gasteiger partial charge in [0.15, 0.2) is 6.04 Å². The van der Waals surface area contributed by atoms with Gasteiger partial charge >= 0.3 is 6.18 Å². The van der Waals surface area contributed by atoms with E-state index in [2.05, 4.69) is 5.32 Å². The van der Waals surface area contributed by atoms with Crippen molar-refractivity contribution in [1.82, 2.24) is 10.6 Å². The first-order valence-electron chi connectivity index (χ1n) is 6.61. The van der Waals surface area contributed by atoms with E-state index in [0.717, 1.165) is 0 Å². The van der Waals surface area contributed by atoms with E-state index in [-0.39, 0.29) is 24.3 Å². The second kappa shape index (κ2) is 6.25. The van der Waals surface area contributed by atoms with E-state index < -0.39 is 24.2 Å². The van der Waals surface area contributed by atoms with E-state index >= 15 is 0 Å². The fourth-order valence-electron chi connectivity index (χ4n) is 2.20. The summed E-state index contributed by atoms with van der Waals surface area (Å²) < 4.78 is 44.4. The van der Waals surface area contributed by atoms with Gasteiger partial charge in [0.05, 0.1) is 7.11 Å². The summed E-state index contributed by atoms with van der Waals surface area (Å²) in [6, 6.07) is 2.20. The molecular weight excluding hydrogens is 301 g/mol. The van der Waals surface area contributed by atoms with Crippen molar-refractivity contribution in [2.75, 3.05) is 7.11 Å². The molecular formula is C14H15F3N2O3. The molecule has 2 rings (SSSR count). The van der Waals surface area contributed by atoms with E-state index in [1.54, 1.807) is 0 Å². The van der Waals surface area contributed by atoms with E-state index in [9.17, 15) is 22.8 Å². The van der Waals surface area contributed by atoms with Crippen molar-refractivity contribution in [1.29, 1.82) is 0 Å². The Morgan fingerprint density at radius 3 is 2.45 bits per heavy atom. The highest BCUT2D eigenvalue weighted by Gasteiger charge is 2.43. The van der Waals surface area contributed by atoms with Crippen LogP contribution in [0.25, 0.3) is 0 Å². The molecule has 1 saturated heterocycles. The minimum Gasteiger partial charge on any atom is -0.497 e. The zero-order valence-corrected chi connectivity index (χ0v) is 11.7. The molecule has 0 aromatic heterocycles. The van der Waals surface area contributed by atoms with Crippen LogP contribution >= 0.6 is 0 Å². The van der Waals surface area contributed by atoms with Crippen LogP contribution in [0.5, 0.6) is 5.75 Å². The molecule has 2 amide bonds. The molecule has 0 spiro atoms. The number of nitrogens with one attached hydrogen (secondary N) is 2. The molecule has 2 N–H and O–H groups in total. The van der Waals surface area contributed by atoms with Crippen molar-refractivity contribution in [2.24, 2.45) is 0 Å². The minimum atomic E-state index is -4.65. The second-order valence-corrected chi connectivity index (χ2v) is 4.92. The number of benzene rings is 1. The van der Waals surface area contributed by atoms with Crippen LogP contribution < -0.4 is 15.4 Å². The van der Waals surface area contributed by atoms with Gasteiger partial charge < -0.3 is 15.4 Å². The number of hydrogen-bond donors (Lipinski definition) is 2. The van der Waals surface area contributed by atoms with E-state index in [1.807, 2.05) is 5.32 Å². The molecule has 1 aromatic rings. The fourth-order valence-corrected chi connectivity index (χ4v) is 2.20. The Hall–Kier alpha value is -2.25. The Balaban J connectivity index is 2.15. The standard InChI is InChI=1S/C14H15F3N2O3/c1-22-9-4-2-8(3-5-9)12(14(15,16)17)19-13(21)10-6-7-11(20)18-10/h2-5,10,12H,6-7H2,1H3,(H,18,20)(H,19,21)/t10-,12?/m1/s1. The summed E-state index contributed by atoms with van der Waals surface area (Å²) in [4.78, 5) is 22.9. The van der Waals surface area contributed by atoms with Crippen LogP contribution in [-0.2, 0) is 9.59 Å². The molecule has 0 saturated carbocycles. The number of carbonyl (C=O) groups excluding carboxylic acids is 2. The van der Waals surface area contributed by atoms with Crippen molar-refractivity contribution in [3.8, 4) is 5.75 Å². The molecule has 22 heavy (non-hydrogen) atoms. The summed E-state index contributed by atoms with van der Waals surface area (Å²) in [5.41, 5.74) is -0.106. The first-order valence-corrected chi connectivity index (χ1v) is 6.61. The third-order valence-corrected chi connectivity index (χ3v) is 3.37. The molecule has 1 unspecified atom stereocenters. The quantitative estimate of drug-likeness (QED) is 0.888. The lowest BCUT2D eigenvalue weighted by Crippen LogP contribution is -2.46. The predicted octanol–water partition coefficient (Wildman–Crippen LogP) is 1.69. The molecule has 1 heterocycles. The van der Waals surface area contributed by atoms with Gasteiger partial charge in [0.2, 0.25) is 11.8 Å². The Bertz CT molecular complexity index is 557. The Morgan fingerprint density at radius 2 is 2.00 bits per heavy atom. The molecule has 1 aliphatic rings. The lowest BCUT2D eigenvalue weighted by atomic mass is 10.1. The summed E-state index contributed by atoms with van der Waals surface area (Å²) in [6.45, 7) is 0. The van der Waals surface area contributed by atoms with Gasteiger partial charge in [-0.05, 0) is 24.1 Å². The summed E-state index contributed by atoms with van der Waals surface area (Å²) in [5.74, 6) is -0.767. The Morgan fingerprint density at radius 1 is 1.36 bits per heavy atom. The molecule has 1 fully saturated rings. The average molecular weight is 316 g/mol. The number of halogens is 3. The van der Waals surface area contributed by atoms with E-state index in [1.165, 1.54) is 31.4 Å². The van der Waals surface area contributed by atoms with Crippen LogP contribution in [0, 0.1) is 0 Å². The van der Waals surface area contributed by atoms with Gasteiger partial charge in [0, 0.05) is 6.42 Å². The number of amides is 2. The maximum Gasteiger partial charge on any atom is 0.412 e. The van der Waals surface area contributed by atoms with Gasteiger partial charge in [-0.15, -0.1) is 0 Å². The predicted molar refractivity (Wildman–Crippen MR) is 71.1 cm³/mol. The topological polar surface area (TPSA) is 67.4 Å². The zero-order chi connectivity index (χ0) is 16.3. The molecule has 8 heteroatoms. The van der Waals surface area contributed by atoms with Crippen molar-refractivity contribution in [3.63, 3.8) is 0 Å². The molecule has 1 aliphatic heterocycles. The first kappa shape index (κ1) is 16.1. The van der Waals surface area contributed by atoms with E-state index in [0.29, 0.717) is 5.75 Å². The van der Waals surface area contributed by atoms with Gasteiger partial charge in [-0.25, -0.2) is 0 Å². The normalized spacial score (nSPS) is 19.5. The Kier molecular flexibility index (Phi) is 4.58. The number of methoxy groups -OCH3 is 1. The summed E-state index contributed by atoms with van der Waals surface area (Å²) in [6.07, 6.45) is -4.32. The molecule has 0 aliphatic carbocycles. The van der Waals surface area contributed by atoms with Crippen LogP contribution in [0.15, 0.2) is 24.3 Å². The molecule has 0 radical (unpaired) electrons. The highest BCUT2D eigenvalue weighted by molar-refractivity contribution is 5.91. The van der Waals surface area contributed by atoms with Crippen LogP contribution in [0.2, 0.25) is 0 Å². The maximum absolute atomic E-state index is 13.2. The number of carbonyl (C=O) groups is 2. The van der Waals surface area contributed by atoms with Gasteiger partial charge in [0.25, 0.3) is 0 Å². The summed E-state index contributed by atoms with van der Waals surface area (Å²) in [7, 11) is 1.40. The maximum atomic E-state index is 13.2. The van der Waals surface area contributed by atoms with Crippen LogP contribution in [0.3, 0.4) is 0 Å². The fraction of sp³-hybridized carbons (Fsp3) is 0.429. The summed E-state index contributed by atoms with van der Waals surface area (Å²) >= 11 is 0. The number of hydrogen-bond acceptors (Lipinski definition) is 3. The molecule has 0 bridgehead atoms. The van der Waals surface area contributed by atoms with Crippen molar-refractivity contribution in [2.45, 2.75) is 31.1 Å². The van der Waals surface area contributed by atoms with Gasteiger partial charge in [-0.3, -0.25) is 9.59 Å². The van der Waals surface area contributed by atoms with Gasteiger partial charge in [-0.1, -0.05) is 12.1 Å². The second-order valence-electron chi connectivity index (χ2n) is 4.92. The molecule has 120 valence electrons. The van der Waals surface area contributed by atoms with E-state index in [4.69, 9.17) is 4.74 Å². The lowest BCUT2D eigenvalue weighted by molar-refractivity contribution is -0.164. The minimum absolute atomic E-state index is 0.106. The number of alkyl halides is 3. The van der Waals surface area contributed by atoms with Crippen LogP contribution in [0.1, 0.15) is 24.4 Å². The number of rotatable bonds is 4. The average Bonchev–Trinajstić information content (AvgIpc) is 2.90. The lowest BCUT2D eigenvalue weighted by Gasteiger charge is -2.23. The zero-order valence-electron chi connectivity index (χ0n) is 11.7. The molecule has 1 aromatic carbocycles. The van der Waals surface area contributed by atoms with Crippen molar-refractivity contribution in [3.05, 3.63) is 29.8 Å². The van der Waals surface area contributed by atoms with Gasteiger partial charge in [0.1, 0.15) is 11.8 Å². The van der Waals surface area contributed by atoms with Crippen LogP contribution in [-0.4, -0.2) is 31.1 Å². The third-order valence-electron chi connectivity index (χ3n) is 3.37. The summed E-state index contributed by atoms with van der Waals surface area (Å²) in [5, 5.41) is 4.30. The highest BCUT2D eigenvalue weighted by Crippen LogP contribution is 2.33. The Labute approximate surface area is 124 Å². The molecule has 5 nitrogen and oxygen atoms in total. The molecule has 2 atom stereocenters. The van der Waals surface area contributed by atoms with Crippen molar-refractivity contribution >= 4 is 11.8 Å². The first-order chi connectivity index (χ1) is 10.3.